The molecule has 0 spiro atoms. The van der Waals surface area contributed by atoms with Crippen molar-refractivity contribution in [3.63, 3.8) is 0 Å². The molecule has 0 aromatic heterocycles. The maximum atomic E-state index is 13.1. The van der Waals surface area contributed by atoms with Crippen molar-refractivity contribution in [2.45, 2.75) is 19.1 Å². The number of amides is 2. The molecule has 0 bridgehead atoms. The molecule has 2 saturated heterocycles. The van der Waals surface area contributed by atoms with Gasteiger partial charge in [-0.15, -0.1) is 0 Å². The number of aliphatic hydroxyl groups is 1. The molecule has 2 aromatic carbocycles. The lowest BCUT2D eigenvalue weighted by molar-refractivity contribution is -0.136. The molecule has 11 nitrogen and oxygen atoms in total. The molecule has 0 radical (unpaired) electrons. The molecular formula is C27H34N4O7. The smallest absolute Gasteiger partial charge is 0.252 e. The molecule has 2 amide bonds. The number of aliphatic hydroxyl groups excluding tert-OH is 1. The summed E-state index contributed by atoms with van der Waals surface area (Å²) in [6.07, 6.45) is 0. The van der Waals surface area contributed by atoms with Gasteiger partial charge in [0.05, 0.1) is 19.8 Å². The van der Waals surface area contributed by atoms with Gasteiger partial charge in [-0.3, -0.25) is 19.4 Å². The van der Waals surface area contributed by atoms with Crippen LogP contribution in [0.3, 0.4) is 0 Å². The third kappa shape index (κ3) is 6.36. The zero-order valence-corrected chi connectivity index (χ0v) is 21.3. The molecule has 1 unspecified atom stereocenters. The molecular weight excluding hydrogens is 492 g/mol. The van der Waals surface area contributed by atoms with Gasteiger partial charge in [-0.2, -0.15) is 0 Å². The van der Waals surface area contributed by atoms with Gasteiger partial charge in [-0.05, 0) is 41.5 Å². The second-order valence-corrected chi connectivity index (χ2v) is 9.77. The van der Waals surface area contributed by atoms with Crippen LogP contribution >= 0.6 is 0 Å². The molecule has 3 aliphatic heterocycles. The van der Waals surface area contributed by atoms with Gasteiger partial charge < -0.3 is 34.6 Å². The number of fused-ring (bicyclic) bond motifs is 1. The van der Waals surface area contributed by atoms with Gasteiger partial charge in [0.25, 0.3) is 5.91 Å². The van der Waals surface area contributed by atoms with Crippen molar-refractivity contribution in [2.75, 3.05) is 65.9 Å². The molecule has 3 aliphatic rings. The van der Waals surface area contributed by atoms with Crippen LogP contribution in [0.15, 0.2) is 36.4 Å². The van der Waals surface area contributed by atoms with Crippen LogP contribution in [0.4, 0.5) is 0 Å². The molecule has 2 fully saturated rings. The quantitative estimate of drug-likeness (QED) is 0.448. The van der Waals surface area contributed by atoms with Gasteiger partial charge in [-0.25, -0.2) is 0 Å². The van der Waals surface area contributed by atoms with E-state index in [9.17, 15) is 19.8 Å². The first kappa shape index (κ1) is 26.2. The number of nitrogens with zero attached hydrogens (tertiary/aromatic N) is 3. The number of ether oxygens (including phenoxy) is 3. The number of nitrogens with one attached hydrogen (secondary N) is 1. The van der Waals surface area contributed by atoms with Gasteiger partial charge in [0.2, 0.25) is 12.7 Å². The largest absolute Gasteiger partial charge is 0.508 e. The van der Waals surface area contributed by atoms with E-state index >= 15 is 0 Å². The number of aromatic hydroxyl groups is 1. The van der Waals surface area contributed by atoms with Crippen molar-refractivity contribution in [3.8, 4) is 17.2 Å². The summed E-state index contributed by atoms with van der Waals surface area (Å²) in [4.78, 5) is 32.2. The van der Waals surface area contributed by atoms with E-state index in [-0.39, 0.29) is 24.0 Å². The molecule has 5 rings (SSSR count). The van der Waals surface area contributed by atoms with Crippen LogP contribution in [0, 0.1) is 0 Å². The minimum Gasteiger partial charge on any atom is -0.508 e. The van der Waals surface area contributed by atoms with Crippen LogP contribution in [0.1, 0.15) is 21.5 Å². The number of phenols is 1. The average molecular weight is 527 g/mol. The van der Waals surface area contributed by atoms with Gasteiger partial charge in [0.1, 0.15) is 11.8 Å². The summed E-state index contributed by atoms with van der Waals surface area (Å²) < 4.78 is 16.2. The number of hydrogen-bond donors (Lipinski definition) is 3. The van der Waals surface area contributed by atoms with Crippen molar-refractivity contribution in [2.24, 2.45) is 0 Å². The minimum atomic E-state index is -1.06. The number of hydrogen-bond acceptors (Lipinski definition) is 9. The Morgan fingerprint density at radius 3 is 2.34 bits per heavy atom. The van der Waals surface area contributed by atoms with Crippen molar-refractivity contribution in [3.05, 3.63) is 53.1 Å². The van der Waals surface area contributed by atoms with Gasteiger partial charge in [-0.1, -0.05) is 6.07 Å². The third-order valence-corrected chi connectivity index (χ3v) is 7.06. The number of rotatable bonds is 8. The zero-order valence-electron chi connectivity index (χ0n) is 21.3. The Balaban J connectivity index is 1.14. The summed E-state index contributed by atoms with van der Waals surface area (Å²) in [6.45, 7) is 6.22. The Kier molecular flexibility index (Phi) is 8.28. The van der Waals surface area contributed by atoms with Crippen molar-refractivity contribution in [1.29, 1.82) is 0 Å². The lowest BCUT2D eigenvalue weighted by Gasteiger charge is -2.36. The van der Waals surface area contributed by atoms with E-state index in [1.54, 1.807) is 17.0 Å². The number of morpholine rings is 1. The van der Waals surface area contributed by atoms with Gasteiger partial charge in [0.15, 0.2) is 11.5 Å². The highest BCUT2D eigenvalue weighted by Crippen LogP contribution is 2.32. The van der Waals surface area contributed by atoms with E-state index < -0.39 is 18.6 Å². The van der Waals surface area contributed by atoms with Crippen LogP contribution in [0.5, 0.6) is 17.2 Å². The van der Waals surface area contributed by atoms with E-state index in [1.807, 2.05) is 18.2 Å². The molecule has 0 saturated carbocycles. The van der Waals surface area contributed by atoms with Crippen LogP contribution in [-0.2, 0) is 22.6 Å². The Morgan fingerprint density at radius 1 is 0.868 bits per heavy atom. The molecule has 204 valence electrons. The first-order valence-electron chi connectivity index (χ1n) is 12.9. The molecule has 38 heavy (non-hydrogen) atoms. The Morgan fingerprint density at radius 2 is 1.58 bits per heavy atom. The SMILES string of the molecule is O=C(NC(CO)C(=O)N1CCN(Cc2ccc3c(c2)OCO3)CC1)c1cc(O)cc(CN2CCOCC2)c1. The van der Waals surface area contributed by atoms with E-state index in [1.165, 1.54) is 6.07 Å². The predicted molar refractivity (Wildman–Crippen MR) is 137 cm³/mol. The normalized spacial score (nSPS) is 18.8. The van der Waals surface area contributed by atoms with Crippen LogP contribution in [0.2, 0.25) is 0 Å². The standard InChI is InChI=1S/C27H34N4O7/c32-17-23(28-26(34)21-11-20(12-22(33)14-21)16-30-7-9-36-10-8-30)27(35)31-5-3-29(4-6-31)15-19-1-2-24-25(13-19)38-18-37-24/h1-2,11-14,23,32-33H,3-10,15-18H2,(H,28,34). The molecule has 3 heterocycles. The highest BCUT2D eigenvalue weighted by atomic mass is 16.7. The number of carbonyl (C=O) groups is 2. The summed E-state index contributed by atoms with van der Waals surface area (Å²) in [7, 11) is 0. The third-order valence-electron chi connectivity index (χ3n) is 7.06. The van der Waals surface area contributed by atoms with E-state index in [0.29, 0.717) is 45.9 Å². The second kappa shape index (κ2) is 12.0. The number of carbonyl (C=O) groups excluding carboxylic acids is 2. The summed E-state index contributed by atoms with van der Waals surface area (Å²) in [5, 5.41) is 22.7. The van der Waals surface area contributed by atoms with Crippen LogP contribution < -0.4 is 14.8 Å². The summed E-state index contributed by atoms with van der Waals surface area (Å²) in [6, 6.07) is 9.53. The lowest BCUT2D eigenvalue weighted by Crippen LogP contribution is -2.55. The summed E-state index contributed by atoms with van der Waals surface area (Å²) >= 11 is 0. The maximum absolute atomic E-state index is 13.1. The number of phenolic OH excluding ortho intramolecular Hbond substituents is 1. The van der Waals surface area contributed by atoms with Crippen molar-refractivity contribution < 1.29 is 34.0 Å². The Hall–Kier alpha value is -3.38. The highest BCUT2D eigenvalue weighted by molar-refractivity contribution is 5.98. The number of piperazine rings is 1. The molecule has 3 N–H and O–H groups in total. The van der Waals surface area contributed by atoms with Crippen molar-refractivity contribution >= 4 is 11.8 Å². The average Bonchev–Trinajstić information content (AvgIpc) is 3.40. The first-order chi connectivity index (χ1) is 18.5. The van der Waals surface area contributed by atoms with Crippen molar-refractivity contribution in [1.82, 2.24) is 20.0 Å². The number of benzene rings is 2. The summed E-state index contributed by atoms with van der Waals surface area (Å²) in [5.41, 5.74) is 2.14. The fraction of sp³-hybridized carbons (Fsp3) is 0.481. The van der Waals surface area contributed by atoms with E-state index in [2.05, 4.69) is 15.1 Å². The predicted octanol–water partition coefficient (Wildman–Crippen LogP) is 0.388. The fourth-order valence-corrected chi connectivity index (χ4v) is 4.99. The molecule has 11 heteroatoms. The van der Waals surface area contributed by atoms with E-state index in [4.69, 9.17) is 14.2 Å². The zero-order chi connectivity index (χ0) is 26.5. The fourth-order valence-electron chi connectivity index (χ4n) is 4.99. The second-order valence-electron chi connectivity index (χ2n) is 9.77. The lowest BCUT2D eigenvalue weighted by atomic mass is 10.1. The van der Waals surface area contributed by atoms with Gasteiger partial charge in [0, 0.05) is 57.9 Å². The Bertz CT molecular complexity index is 1150. The highest BCUT2D eigenvalue weighted by Gasteiger charge is 2.29. The van der Waals surface area contributed by atoms with E-state index in [0.717, 1.165) is 42.3 Å². The molecule has 1 atom stereocenters. The molecule has 2 aromatic rings. The van der Waals surface area contributed by atoms with Gasteiger partial charge >= 0.3 is 0 Å². The van der Waals surface area contributed by atoms with Crippen LogP contribution in [-0.4, -0.2) is 109 Å². The Labute approximate surface area is 221 Å². The monoisotopic (exact) mass is 526 g/mol. The first-order valence-corrected chi connectivity index (χ1v) is 12.9. The summed E-state index contributed by atoms with van der Waals surface area (Å²) in [5.74, 6) is 0.639. The maximum Gasteiger partial charge on any atom is 0.252 e. The molecule has 0 aliphatic carbocycles. The topological polar surface area (TPSA) is 124 Å². The minimum absolute atomic E-state index is 0.0219. The van der Waals surface area contributed by atoms with Crippen LogP contribution in [0.25, 0.3) is 0 Å².